The highest BCUT2D eigenvalue weighted by Crippen LogP contribution is 2.17. The summed E-state index contributed by atoms with van der Waals surface area (Å²) >= 11 is 1.61. The average Bonchev–Trinajstić information content (AvgIpc) is 3.01. The minimum absolute atomic E-state index is 0.133. The normalized spacial score (nSPS) is 13.3. The zero-order valence-corrected chi connectivity index (χ0v) is 14.3. The van der Waals surface area contributed by atoms with Gasteiger partial charge in [-0.2, -0.15) is 0 Å². The van der Waals surface area contributed by atoms with Crippen LogP contribution in [0.5, 0.6) is 0 Å². The van der Waals surface area contributed by atoms with E-state index in [0.717, 1.165) is 22.7 Å². The van der Waals surface area contributed by atoms with Crippen molar-refractivity contribution in [1.29, 1.82) is 0 Å². The Morgan fingerprint density at radius 1 is 1.35 bits per heavy atom. The number of aliphatic hydroxyl groups is 1. The number of benzene rings is 1. The van der Waals surface area contributed by atoms with Crippen LogP contribution in [0.2, 0.25) is 0 Å². The number of aromatic nitrogens is 1. The van der Waals surface area contributed by atoms with Crippen molar-refractivity contribution >= 4 is 17.4 Å². The van der Waals surface area contributed by atoms with E-state index in [1.165, 1.54) is 0 Å². The fourth-order valence-corrected chi connectivity index (χ4v) is 2.99. The van der Waals surface area contributed by atoms with Gasteiger partial charge in [0.25, 0.3) is 0 Å². The molecular formula is C17H23N3O2S. The molecule has 124 valence electrons. The van der Waals surface area contributed by atoms with Gasteiger partial charge in [0.15, 0.2) is 0 Å². The number of carbonyl (C=O) groups excluding carboxylic acids is 1. The second-order valence-electron chi connectivity index (χ2n) is 5.48. The Morgan fingerprint density at radius 2 is 2.09 bits per heavy atom. The second kappa shape index (κ2) is 8.64. The first-order valence-corrected chi connectivity index (χ1v) is 8.67. The molecule has 0 saturated carbocycles. The fraction of sp³-hybridized carbons (Fsp3) is 0.412. The standard InChI is InChI=1S/C17H23N3O2S/c1-3-16-20-14(11-23-16)10-18-17(22)19-12(2)9-15(21)13-7-5-4-6-8-13/h4-8,11-12,15,21H,3,9-10H2,1-2H3,(H2,18,19,22). The highest BCUT2D eigenvalue weighted by Gasteiger charge is 2.14. The van der Waals surface area contributed by atoms with Crippen LogP contribution in [0.3, 0.4) is 0 Å². The largest absolute Gasteiger partial charge is 0.388 e. The van der Waals surface area contributed by atoms with Crippen molar-refractivity contribution in [3.8, 4) is 0 Å². The third-order valence-corrected chi connectivity index (χ3v) is 4.51. The number of nitrogens with zero attached hydrogens (tertiary/aromatic N) is 1. The van der Waals surface area contributed by atoms with Crippen molar-refractivity contribution < 1.29 is 9.90 Å². The summed E-state index contributed by atoms with van der Waals surface area (Å²) in [6.45, 7) is 4.35. The van der Waals surface area contributed by atoms with Crippen molar-refractivity contribution in [3.05, 3.63) is 52.0 Å². The van der Waals surface area contributed by atoms with Crippen LogP contribution in [0.15, 0.2) is 35.7 Å². The third kappa shape index (κ3) is 5.65. The summed E-state index contributed by atoms with van der Waals surface area (Å²) in [5.41, 5.74) is 1.73. The molecule has 2 atom stereocenters. The third-order valence-electron chi connectivity index (χ3n) is 3.47. The molecule has 0 aliphatic rings. The minimum atomic E-state index is -0.586. The molecule has 1 aromatic carbocycles. The van der Waals surface area contributed by atoms with Crippen LogP contribution in [-0.4, -0.2) is 22.2 Å². The van der Waals surface area contributed by atoms with Gasteiger partial charge in [-0.25, -0.2) is 9.78 Å². The molecule has 2 rings (SSSR count). The molecule has 23 heavy (non-hydrogen) atoms. The Hall–Kier alpha value is -1.92. The van der Waals surface area contributed by atoms with Crippen LogP contribution in [-0.2, 0) is 13.0 Å². The number of thiazole rings is 1. The number of urea groups is 1. The van der Waals surface area contributed by atoms with Gasteiger partial charge in [-0.3, -0.25) is 0 Å². The number of hydrogen-bond donors (Lipinski definition) is 3. The van der Waals surface area contributed by atoms with Crippen molar-refractivity contribution in [2.45, 2.75) is 45.4 Å². The molecule has 2 unspecified atom stereocenters. The quantitative estimate of drug-likeness (QED) is 0.729. The van der Waals surface area contributed by atoms with Crippen LogP contribution in [0.25, 0.3) is 0 Å². The molecule has 1 heterocycles. The van der Waals surface area contributed by atoms with Crippen molar-refractivity contribution in [1.82, 2.24) is 15.6 Å². The average molecular weight is 333 g/mol. The molecule has 0 spiro atoms. The van der Waals surface area contributed by atoms with E-state index in [1.54, 1.807) is 11.3 Å². The first kappa shape index (κ1) is 17.4. The van der Waals surface area contributed by atoms with E-state index in [-0.39, 0.29) is 12.1 Å². The van der Waals surface area contributed by atoms with Gasteiger partial charge in [-0.05, 0) is 25.3 Å². The van der Waals surface area contributed by atoms with E-state index < -0.39 is 6.10 Å². The monoisotopic (exact) mass is 333 g/mol. The van der Waals surface area contributed by atoms with E-state index >= 15 is 0 Å². The van der Waals surface area contributed by atoms with Crippen molar-refractivity contribution in [3.63, 3.8) is 0 Å². The Labute approximate surface area is 140 Å². The highest BCUT2D eigenvalue weighted by atomic mass is 32.1. The predicted octanol–water partition coefficient (Wildman–Crippen LogP) is 3.02. The summed E-state index contributed by atoms with van der Waals surface area (Å²) in [7, 11) is 0. The number of amides is 2. The first-order valence-electron chi connectivity index (χ1n) is 7.79. The SMILES string of the molecule is CCc1nc(CNC(=O)NC(C)CC(O)c2ccccc2)cs1. The molecule has 2 aromatic rings. The summed E-state index contributed by atoms with van der Waals surface area (Å²) in [5, 5.41) is 18.8. The van der Waals surface area contributed by atoms with Gasteiger partial charge in [0, 0.05) is 11.4 Å². The molecule has 0 aliphatic heterocycles. The summed E-state index contributed by atoms with van der Waals surface area (Å²) < 4.78 is 0. The zero-order valence-electron chi connectivity index (χ0n) is 13.5. The number of aliphatic hydroxyl groups excluding tert-OH is 1. The van der Waals surface area contributed by atoms with Gasteiger partial charge in [0.1, 0.15) is 0 Å². The lowest BCUT2D eigenvalue weighted by Crippen LogP contribution is -2.41. The van der Waals surface area contributed by atoms with Gasteiger partial charge in [-0.1, -0.05) is 37.3 Å². The first-order chi connectivity index (χ1) is 11.1. The molecule has 0 radical (unpaired) electrons. The Morgan fingerprint density at radius 3 is 2.74 bits per heavy atom. The lowest BCUT2D eigenvalue weighted by molar-refractivity contribution is 0.154. The topological polar surface area (TPSA) is 74.2 Å². The van der Waals surface area contributed by atoms with Crippen LogP contribution in [0, 0.1) is 0 Å². The maximum absolute atomic E-state index is 11.9. The Kier molecular flexibility index (Phi) is 6.55. The van der Waals surface area contributed by atoms with Gasteiger partial charge >= 0.3 is 6.03 Å². The summed E-state index contributed by atoms with van der Waals surface area (Å²) in [4.78, 5) is 16.3. The lowest BCUT2D eigenvalue weighted by atomic mass is 10.0. The predicted molar refractivity (Wildman–Crippen MR) is 92.3 cm³/mol. The van der Waals surface area contributed by atoms with E-state index in [1.807, 2.05) is 42.6 Å². The van der Waals surface area contributed by atoms with Crippen LogP contribution in [0.1, 0.15) is 42.6 Å². The summed E-state index contributed by atoms with van der Waals surface area (Å²) in [5.74, 6) is 0. The van der Waals surface area contributed by atoms with Crippen molar-refractivity contribution in [2.75, 3.05) is 0 Å². The van der Waals surface area contributed by atoms with Gasteiger partial charge in [-0.15, -0.1) is 11.3 Å². The number of rotatable bonds is 7. The van der Waals surface area contributed by atoms with Crippen molar-refractivity contribution in [2.24, 2.45) is 0 Å². The van der Waals surface area contributed by atoms with E-state index in [4.69, 9.17) is 0 Å². The molecule has 0 aliphatic carbocycles. The van der Waals surface area contributed by atoms with E-state index in [0.29, 0.717) is 13.0 Å². The number of hydrogen-bond acceptors (Lipinski definition) is 4. The Bertz CT molecular complexity index is 615. The zero-order chi connectivity index (χ0) is 16.7. The number of carbonyl (C=O) groups is 1. The maximum atomic E-state index is 11.9. The molecular weight excluding hydrogens is 310 g/mol. The molecule has 5 nitrogen and oxygen atoms in total. The van der Waals surface area contributed by atoms with Gasteiger partial charge in [0.2, 0.25) is 0 Å². The maximum Gasteiger partial charge on any atom is 0.315 e. The van der Waals surface area contributed by atoms with E-state index in [9.17, 15) is 9.90 Å². The molecule has 3 N–H and O–H groups in total. The molecule has 0 fully saturated rings. The second-order valence-corrected chi connectivity index (χ2v) is 6.42. The minimum Gasteiger partial charge on any atom is -0.388 e. The lowest BCUT2D eigenvalue weighted by Gasteiger charge is -2.18. The molecule has 0 bridgehead atoms. The number of nitrogens with one attached hydrogen (secondary N) is 2. The summed E-state index contributed by atoms with van der Waals surface area (Å²) in [6.07, 6.45) is 0.788. The molecule has 6 heteroatoms. The summed E-state index contributed by atoms with van der Waals surface area (Å²) in [6, 6.07) is 9.07. The van der Waals surface area contributed by atoms with Crippen LogP contribution < -0.4 is 10.6 Å². The van der Waals surface area contributed by atoms with Crippen LogP contribution >= 0.6 is 11.3 Å². The van der Waals surface area contributed by atoms with Gasteiger partial charge in [0.05, 0.1) is 23.4 Å². The van der Waals surface area contributed by atoms with E-state index in [2.05, 4.69) is 22.5 Å². The molecule has 0 saturated heterocycles. The van der Waals surface area contributed by atoms with Crippen LogP contribution in [0.4, 0.5) is 4.79 Å². The fourth-order valence-electron chi connectivity index (χ4n) is 2.24. The molecule has 1 aromatic heterocycles. The highest BCUT2D eigenvalue weighted by molar-refractivity contribution is 7.09. The Balaban J connectivity index is 1.73. The molecule has 2 amide bonds. The van der Waals surface area contributed by atoms with Gasteiger partial charge < -0.3 is 15.7 Å². The number of aryl methyl sites for hydroxylation is 1. The smallest absolute Gasteiger partial charge is 0.315 e.